The van der Waals surface area contributed by atoms with E-state index in [9.17, 15) is 4.79 Å². The molecule has 1 aromatic heterocycles. The molecule has 5 nitrogen and oxygen atoms in total. The molecule has 0 atom stereocenters. The molecule has 1 amide bonds. The Bertz CT molecular complexity index is 984. The molecule has 2 aromatic carbocycles. The summed E-state index contributed by atoms with van der Waals surface area (Å²) < 4.78 is 7.45. The summed E-state index contributed by atoms with van der Waals surface area (Å²) in [6, 6.07) is 10.3. The Morgan fingerprint density at radius 1 is 1.07 bits per heavy atom. The third kappa shape index (κ3) is 6.28. The zero-order valence-corrected chi connectivity index (χ0v) is 18.2. The van der Waals surface area contributed by atoms with Crippen LogP contribution in [-0.2, 0) is 13.2 Å². The highest BCUT2D eigenvalue weighted by atomic mass is 35.5. The lowest BCUT2D eigenvalue weighted by atomic mass is 10.1. The SMILES string of the molecule is O=C(NCCCn1cc(Cl)cn1)c1cccc(COc2c(Cl)cc(Cl)cc2Cl)c1. The van der Waals surface area contributed by atoms with Gasteiger partial charge in [0.1, 0.15) is 6.61 Å². The van der Waals surface area contributed by atoms with E-state index in [0.717, 1.165) is 12.0 Å². The first-order valence-electron chi connectivity index (χ1n) is 8.75. The third-order valence-corrected chi connectivity index (χ3v) is 4.96. The van der Waals surface area contributed by atoms with Crippen LogP contribution < -0.4 is 10.1 Å². The van der Waals surface area contributed by atoms with Gasteiger partial charge in [-0.05, 0) is 36.2 Å². The maximum absolute atomic E-state index is 12.4. The van der Waals surface area contributed by atoms with Crippen LogP contribution in [0.25, 0.3) is 0 Å². The molecule has 1 heterocycles. The standard InChI is InChI=1S/C20H17Cl4N3O2/c21-15-8-17(23)19(18(24)9-15)29-12-13-3-1-4-14(7-13)20(28)25-5-2-6-27-11-16(22)10-26-27/h1,3-4,7-11H,2,5-6,12H2,(H,25,28). The molecule has 1 N–H and O–H groups in total. The van der Waals surface area contributed by atoms with Crippen molar-refractivity contribution in [1.82, 2.24) is 15.1 Å². The first-order chi connectivity index (χ1) is 13.9. The van der Waals surface area contributed by atoms with Crippen LogP contribution in [0.2, 0.25) is 20.1 Å². The van der Waals surface area contributed by atoms with Crippen LogP contribution in [0.15, 0.2) is 48.8 Å². The van der Waals surface area contributed by atoms with Crippen molar-refractivity contribution in [2.24, 2.45) is 0 Å². The van der Waals surface area contributed by atoms with Crippen molar-refractivity contribution in [2.75, 3.05) is 6.54 Å². The lowest BCUT2D eigenvalue weighted by molar-refractivity contribution is 0.0952. The summed E-state index contributed by atoms with van der Waals surface area (Å²) in [5, 5.41) is 8.67. The number of aryl methyl sites for hydroxylation is 1. The first kappa shape index (κ1) is 21.8. The molecule has 0 aliphatic heterocycles. The summed E-state index contributed by atoms with van der Waals surface area (Å²) in [6.45, 7) is 1.40. The van der Waals surface area contributed by atoms with Crippen LogP contribution >= 0.6 is 46.4 Å². The zero-order chi connectivity index (χ0) is 20.8. The minimum absolute atomic E-state index is 0.159. The maximum Gasteiger partial charge on any atom is 0.251 e. The van der Waals surface area contributed by atoms with Crippen molar-refractivity contribution in [3.63, 3.8) is 0 Å². The Labute approximate surface area is 188 Å². The number of amides is 1. The average molecular weight is 473 g/mol. The van der Waals surface area contributed by atoms with E-state index < -0.39 is 0 Å². The van der Waals surface area contributed by atoms with E-state index in [1.807, 2.05) is 6.07 Å². The number of ether oxygens (including phenoxy) is 1. The molecule has 0 spiro atoms. The van der Waals surface area contributed by atoms with Gasteiger partial charge in [-0.1, -0.05) is 58.5 Å². The van der Waals surface area contributed by atoms with E-state index in [1.165, 1.54) is 0 Å². The summed E-state index contributed by atoms with van der Waals surface area (Å²) >= 11 is 24.0. The second-order valence-electron chi connectivity index (χ2n) is 6.22. The van der Waals surface area contributed by atoms with Gasteiger partial charge in [-0.25, -0.2) is 0 Å². The highest BCUT2D eigenvalue weighted by molar-refractivity contribution is 6.40. The fraction of sp³-hybridized carbons (Fsp3) is 0.200. The monoisotopic (exact) mass is 471 g/mol. The smallest absolute Gasteiger partial charge is 0.251 e. The fourth-order valence-corrected chi connectivity index (χ4v) is 3.71. The Balaban J connectivity index is 1.52. The highest BCUT2D eigenvalue weighted by Gasteiger charge is 2.11. The second-order valence-corrected chi connectivity index (χ2v) is 7.91. The summed E-state index contributed by atoms with van der Waals surface area (Å²) in [6.07, 6.45) is 4.06. The average Bonchev–Trinajstić information content (AvgIpc) is 3.09. The van der Waals surface area contributed by atoms with Gasteiger partial charge in [0.15, 0.2) is 5.75 Å². The van der Waals surface area contributed by atoms with E-state index in [0.29, 0.717) is 44.5 Å². The quantitative estimate of drug-likeness (QED) is 0.415. The maximum atomic E-state index is 12.4. The normalized spacial score (nSPS) is 10.8. The molecular weight excluding hydrogens is 456 g/mol. The number of rotatable bonds is 8. The molecule has 0 unspecified atom stereocenters. The Hall–Kier alpha value is -1.92. The molecule has 0 aliphatic carbocycles. The van der Waals surface area contributed by atoms with E-state index in [1.54, 1.807) is 47.4 Å². The van der Waals surface area contributed by atoms with Crippen molar-refractivity contribution in [2.45, 2.75) is 19.6 Å². The third-order valence-electron chi connectivity index (χ3n) is 3.99. The Kier molecular flexibility index (Phi) is 7.67. The minimum atomic E-state index is -0.159. The molecule has 29 heavy (non-hydrogen) atoms. The largest absolute Gasteiger partial charge is 0.486 e. The van der Waals surface area contributed by atoms with Crippen molar-refractivity contribution < 1.29 is 9.53 Å². The number of halogens is 4. The lowest BCUT2D eigenvalue weighted by Gasteiger charge is -2.11. The van der Waals surface area contributed by atoms with Crippen molar-refractivity contribution >= 4 is 52.3 Å². The molecule has 0 radical (unpaired) electrons. The van der Waals surface area contributed by atoms with Crippen molar-refractivity contribution in [3.05, 3.63) is 80.0 Å². The van der Waals surface area contributed by atoms with Gasteiger partial charge in [-0.3, -0.25) is 9.48 Å². The number of carbonyl (C=O) groups is 1. The summed E-state index contributed by atoms with van der Waals surface area (Å²) in [5.74, 6) is 0.194. The van der Waals surface area contributed by atoms with Gasteiger partial charge in [0.25, 0.3) is 5.91 Å². The number of hydrogen-bond acceptors (Lipinski definition) is 3. The van der Waals surface area contributed by atoms with Gasteiger partial charge in [0.05, 0.1) is 21.3 Å². The topological polar surface area (TPSA) is 56.2 Å². The molecular formula is C20H17Cl4N3O2. The number of aromatic nitrogens is 2. The van der Waals surface area contributed by atoms with Crippen molar-refractivity contribution in [1.29, 1.82) is 0 Å². The predicted molar refractivity (Wildman–Crippen MR) is 116 cm³/mol. The van der Waals surface area contributed by atoms with Gasteiger partial charge in [0.2, 0.25) is 0 Å². The van der Waals surface area contributed by atoms with E-state index in [4.69, 9.17) is 51.1 Å². The fourth-order valence-electron chi connectivity index (χ4n) is 2.63. The van der Waals surface area contributed by atoms with Crippen LogP contribution in [0.5, 0.6) is 5.75 Å². The zero-order valence-electron chi connectivity index (χ0n) is 15.2. The highest BCUT2D eigenvalue weighted by Crippen LogP contribution is 2.36. The van der Waals surface area contributed by atoms with Gasteiger partial charge in [0, 0.05) is 29.9 Å². The van der Waals surface area contributed by atoms with Crippen LogP contribution in [0, 0.1) is 0 Å². The molecule has 0 bridgehead atoms. The first-order valence-corrected chi connectivity index (χ1v) is 10.3. The minimum Gasteiger partial charge on any atom is -0.486 e. The molecule has 3 rings (SSSR count). The van der Waals surface area contributed by atoms with Gasteiger partial charge >= 0.3 is 0 Å². The number of benzene rings is 2. The summed E-state index contributed by atoms with van der Waals surface area (Å²) in [5.41, 5.74) is 1.35. The van der Waals surface area contributed by atoms with Gasteiger partial charge in [-0.2, -0.15) is 5.10 Å². The summed E-state index contributed by atoms with van der Waals surface area (Å²) in [4.78, 5) is 12.4. The van der Waals surface area contributed by atoms with Crippen LogP contribution in [0.4, 0.5) is 0 Å². The number of nitrogens with zero attached hydrogens (tertiary/aromatic N) is 2. The second kappa shape index (κ2) is 10.2. The molecule has 0 fully saturated rings. The molecule has 0 saturated carbocycles. The van der Waals surface area contributed by atoms with E-state index >= 15 is 0 Å². The van der Waals surface area contributed by atoms with Crippen LogP contribution in [0.3, 0.4) is 0 Å². The molecule has 9 heteroatoms. The predicted octanol–water partition coefficient (Wildman–Crippen LogP) is 5.90. The van der Waals surface area contributed by atoms with E-state index in [-0.39, 0.29) is 12.5 Å². The number of carbonyl (C=O) groups excluding carboxylic acids is 1. The summed E-state index contributed by atoms with van der Waals surface area (Å²) in [7, 11) is 0. The van der Waals surface area contributed by atoms with Crippen LogP contribution in [0.1, 0.15) is 22.3 Å². The Morgan fingerprint density at radius 2 is 1.83 bits per heavy atom. The van der Waals surface area contributed by atoms with Gasteiger partial charge in [-0.15, -0.1) is 0 Å². The van der Waals surface area contributed by atoms with Gasteiger partial charge < -0.3 is 10.1 Å². The molecule has 152 valence electrons. The molecule has 0 aliphatic rings. The Morgan fingerprint density at radius 3 is 2.52 bits per heavy atom. The van der Waals surface area contributed by atoms with Crippen molar-refractivity contribution in [3.8, 4) is 5.75 Å². The lowest BCUT2D eigenvalue weighted by Crippen LogP contribution is -2.25. The number of hydrogen-bond donors (Lipinski definition) is 1. The van der Waals surface area contributed by atoms with E-state index in [2.05, 4.69) is 10.4 Å². The molecule has 3 aromatic rings. The molecule has 0 saturated heterocycles. The number of nitrogens with one attached hydrogen (secondary N) is 1. The van der Waals surface area contributed by atoms with Crippen LogP contribution in [-0.4, -0.2) is 22.2 Å².